The second-order valence-corrected chi connectivity index (χ2v) is 7.55. The number of anilines is 1. The fourth-order valence-electron chi connectivity index (χ4n) is 1.62. The summed E-state index contributed by atoms with van der Waals surface area (Å²) in [5, 5.41) is 3.90. The Hall–Kier alpha value is -1.89. The van der Waals surface area contributed by atoms with Crippen molar-refractivity contribution < 1.29 is 8.42 Å². The van der Waals surface area contributed by atoms with Crippen molar-refractivity contribution in [1.82, 2.24) is 14.8 Å². The number of hydrogen-bond donors (Lipinski definition) is 1. The molecule has 2 N–H and O–H groups in total. The topological polar surface area (TPSA) is 90.9 Å². The molecule has 0 bridgehead atoms. The van der Waals surface area contributed by atoms with Crippen LogP contribution >= 0.6 is 0 Å². The molecular formula is C13H18N4O2S. The highest BCUT2D eigenvalue weighted by Crippen LogP contribution is 2.15. The Bertz CT molecular complexity index is 675. The number of rotatable bonds is 5. The standard InChI is InChI=1S/C13H18N4O2S/c1-10(2)20(18,19)8-7-17-9-15-13(16-17)11-3-5-12(14)6-4-11/h3-6,9-10H,7-8,14H2,1-2H3. The molecule has 0 amide bonds. The van der Waals surface area contributed by atoms with Gasteiger partial charge in [0.1, 0.15) is 6.33 Å². The number of nitrogens with zero attached hydrogens (tertiary/aromatic N) is 3. The quantitative estimate of drug-likeness (QED) is 0.841. The van der Waals surface area contributed by atoms with Crippen LogP contribution < -0.4 is 5.73 Å². The number of hydrogen-bond acceptors (Lipinski definition) is 5. The van der Waals surface area contributed by atoms with Crippen LogP contribution in [0.2, 0.25) is 0 Å². The minimum absolute atomic E-state index is 0.0647. The van der Waals surface area contributed by atoms with E-state index < -0.39 is 9.84 Å². The van der Waals surface area contributed by atoms with Gasteiger partial charge in [0.25, 0.3) is 0 Å². The van der Waals surface area contributed by atoms with Crippen LogP contribution in [0.15, 0.2) is 30.6 Å². The normalized spacial score (nSPS) is 11.9. The number of aryl methyl sites for hydroxylation is 1. The van der Waals surface area contributed by atoms with Crippen LogP contribution in [0.5, 0.6) is 0 Å². The largest absolute Gasteiger partial charge is 0.399 e. The van der Waals surface area contributed by atoms with Gasteiger partial charge in [-0.3, -0.25) is 4.68 Å². The van der Waals surface area contributed by atoms with E-state index in [-0.39, 0.29) is 11.0 Å². The van der Waals surface area contributed by atoms with E-state index in [0.29, 0.717) is 18.1 Å². The number of benzene rings is 1. The number of aromatic nitrogens is 3. The third kappa shape index (κ3) is 3.36. The van der Waals surface area contributed by atoms with E-state index in [1.54, 1.807) is 37.0 Å². The number of nitrogen functional groups attached to an aromatic ring is 1. The van der Waals surface area contributed by atoms with Crippen molar-refractivity contribution in [2.24, 2.45) is 0 Å². The average molecular weight is 294 g/mol. The fourth-order valence-corrected chi connectivity index (χ4v) is 2.54. The van der Waals surface area contributed by atoms with Crippen molar-refractivity contribution in [2.45, 2.75) is 25.6 Å². The van der Waals surface area contributed by atoms with Gasteiger partial charge in [0.05, 0.1) is 17.5 Å². The second kappa shape index (κ2) is 5.62. The van der Waals surface area contributed by atoms with Crippen LogP contribution in [0.25, 0.3) is 11.4 Å². The lowest BCUT2D eigenvalue weighted by molar-refractivity contribution is 0.572. The molecule has 0 aliphatic heterocycles. The van der Waals surface area contributed by atoms with Crippen molar-refractivity contribution in [3.63, 3.8) is 0 Å². The van der Waals surface area contributed by atoms with Gasteiger partial charge in [-0.1, -0.05) is 0 Å². The highest BCUT2D eigenvalue weighted by molar-refractivity contribution is 7.91. The van der Waals surface area contributed by atoms with E-state index in [0.717, 1.165) is 5.56 Å². The lowest BCUT2D eigenvalue weighted by atomic mass is 10.2. The first-order chi connectivity index (χ1) is 9.38. The summed E-state index contributed by atoms with van der Waals surface area (Å²) in [5.74, 6) is 0.627. The van der Waals surface area contributed by atoms with Crippen molar-refractivity contribution >= 4 is 15.5 Å². The first kappa shape index (κ1) is 14.5. The van der Waals surface area contributed by atoms with Gasteiger partial charge in [0.15, 0.2) is 15.7 Å². The summed E-state index contributed by atoms with van der Waals surface area (Å²) in [6, 6.07) is 7.22. The monoisotopic (exact) mass is 294 g/mol. The first-order valence-electron chi connectivity index (χ1n) is 6.35. The summed E-state index contributed by atoms with van der Waals surface area (Å²) in [5.41, 5.74) is 7.15. The van der Waals surface area contributed by atoms with Crippen molar-refractivity contribution in [2.75, 3.05) is 11.5 Å². The lowest BCUT2D eigenvalue weighted by Crippen LogP contribution is -2.21. The van der Waals surface area contributed by atoms with Crippen molar-refractivity contribution in [1.29, 1.82) is 0 Å². The maximum absolute atomic E-state index is 11.7. The molecule has 0 saturated heterocycles. The predicted molar refractivity (Wildman–Crippen MR) is 78.8 cm³/mol. The molecule has 20 heavy (non-hydrogen) atoms. The highest BCUT2D eigenvalue weighted by Gasteiger charge is 2.16. The van der Waals surface area contributed by atoms with Crippen LogP contribution in [0.3, 0.4) is 0 Å². The maximum atomic E-state index is 11.7. The van der Waals surface area contributed by atoms with Gasteiger partial charge in [0, 0.05) is 11.3 Å². The summed E-state index contributed by atoms with van der Waals surface area (Å²) < 4.78 is 25.0. The van der Waals surface area contributed by atoms with Crippen LogP contribution in [-0.4, -0.2) is 34.2 Å². The number of nitrogens with two attached hydrogens (primary N) is 1. The smallest absolute Gasteiger partial charge is 0.181 e. The molecule has 0 saturated carbocycles. The maximum Gasteiger partial charge on any atom is 0.181 e. The Morgan fingerprint density at radius 1 is 1.25 bits per heavy atom. The summed E-state index contributed by atoms with van der Waals surface area (Å²) in [4.78, 5) is 4.18. The molecule has 0 aliphatic carbocycles. The van der Waals surface area contributed by atoms with Crippen molar-refractivity contribution in [3.8, 4) is 11.4 Å². The zero-order valence-electron chi connectivity index (χ0n) is 11.5. The van der Waals surface area contributed by atoms with Gasteiger partial charge in [-0.25, -0.2) is 13.4 Å². The molecule has 6 nitrogen and oxygen atoms in total. The highest BCUT2D eigenvalue weighted by atomic mass is 32.2. The van der Waals surface area contributed by atoms with E-state index in [1.807, 2.05) is 12.1 Å². The van der Waals surface area contributed by atoms with Crippen molar-refractivity contribution in [3.05, 3.63) is 30.6 Å². The Morgan fingerprint density at radius 3 is 2.50 bits per heavy atom. The molecule has 1 heterocycles. The third-order valence-electron chi connectivity index (χ3n) is 3.03. The molecule has 1 aromatic carbocycles. The van der Waals surface area contributed by atoms with Gasteiger partial charge in [-0.15, -0.1) is 0 Å². The molecule has 2 rings (SSSR count). The van der Waals surface area contributed by atoms with Gasteiger partial charge < -0.3 is 5.73 Å². The molecule has 108 valence electrons. The predicted octanol–water partition coefficient (Wildman–Crippen LogP) is 1.35. The molecule has 0 unspecified atom stereocenters. The van der Waals surface area contributed by atoms with Gasteiger partial charge >= 0.3 is 0 Å². The molecule has 0 atom stereocenters. The average Bonchev–Trinajstić information content (AvgIpc) is 2.86. The zero-order valence-corrected chi connectivity index (χ0v) is 12.3. The number of sulfone groups is 1. The van der Waals surface area contributed by atoms with Gasteiger partial charge in [0.2, 0.25) is 0 Å². The summed E-state index contributed by atoms with van der Waals surface area (Å²) in [6.07, 6.45) is 1.54. The molecule has 7 heteroatoms. The molecule has 0 fully saturated rings. The van der Waals surface area contributed by atoms with E-state index in [2.05, 4.69) is 10.1 Å². The molecular weight excluding hydrogens is 276 g/mol. The van der Waals surface area contributed by atoms with Crippen LogP contribution in [0, 0.1) is 0 Å². The summed E-state index contributed by atoms with van der Waals surface area (Å²) >= 11 is 0. The molecule has 2 aromatic rings. The van der Waals surface area contributed by atoms with Crippen LogP contribution in [0.1, 0.15) is 13.8 Å². The Labute approximate surface area is 118 Å². The lowest BCUT2D eigenvalue weighted by Gasteiger charge is -2.06. The molecule has 0 radical (unpaired) electrons. The van der Waals surface area contributed by atoms with Crippen LogP contribution in [-0.2, 0) is 16.4 Å². The Kier molecular flexibility index (Phi) is 4.08. The SMILES string of the molecule is CC(C)S(=O)(=O)CCn1cnc(-c2ccc(N)cc2)n1. The first-order valence-corrected chi connectivity index (χ1v) is 8.07. The van der Waals surface area contributed by atoms with Gasteiger partial charge in [-0.2, -0.15) is 5.10 Å². The van der Waals surface area contributed by atoms with Gasteiger partial charge in [-0.05, 0) is 38.1 Å². The minimum Gasteiger partial charge on any atom is -0.399 e. The summed E-state index contributed by atoms with van der Waals surface area (Å²) in [6.45, 7) is 3.66. The third-order valence-corrected chi connectivity index (χ3v) is 5.22. The van der Waals surface area contributed by atoms with E-state index in [4.69, 9.17) is 5.73 Å². The zero-order chi connectivity index (χ0) is 14.8. The van der Waals surface area contributed by atoms with Crippen LogP contribution in [0.4, 0.5) is 5.69 Å². The molecule has 0 spiro atoms. The van der Waals surface area contributed by atoms with E-state index in [1.165, 1.54) is 0 Å². The summed E-state index contributed by atoms with van der Waals surface area (Å²) in [7, 11) is -3.06. The second-order valence-electron chi connectivity index (χ2n) is 4.87. The Morgan fingerprint density at radius 2 is 1.90 bits per heavy atom. The van der Waals surface area contributed by atoms with E-state index in [9.17, 15) is 8.42 Å². The fraction of sp³-hybridized carbons (Fsp3) is 0.385. The Balaban J connectivity index is 2.08. The minimum atomic E-state index is -3.06. The molecule has 0 aliphatic rings. The molecule has 1 aromatic heterocycles. The van der Waals surface area contributed by atoms with E-state index >= 15 is 0 Å².